The lowest BCUT2D eigenvalue weighted by Gasteiger charge is -2.14. The molecule has 0 radical (unpaired) electrons. The molecule has 3 nitrogen and oxygen atoms in total. The van der Waals surface area contributed by atoms with Gasteiger partial charge in [-0.15, -0.1) is 11.8 Å². The van der Waals surface area contributed by atoms with E-state index in [1.807, 2.05) is 6.92 Å². The summed E-state index contributed by atoms with van der Waals surface area (Å²) in [5, 5.41) is 9.27. The van der Waals surface area contributed by atoms with Crippen LogP contribution >= 0.6 is 11.8 Å². The molecule has 1 heterocycles. The van der Waals surface area contributed by atoms with Gasteiger partial charge in [-0.25, -0.2) is 4.98 Å². The second-order valence-electron chi connectivity index (χ2n) is 4.76. The van der Waals surface area contributed by atoms with Crippen LogP contribution in [0, 0.1) is 11.3 Å². The highest BCUT2D eigenvalue weighted by Gasteiger charge is 2.36. The van der Waals surface area contributed by atoms with E-state index in [0.29, 0.717) is 24.5 Å². The number of nitriles is 1. The third kappa shape index (κ3) is 4.49. The number of alkyl halides is 3. The Kier molecular flexibility index (Phi) is 6.23. The Bertz CT molecular complexity index is 727. The molecule has 7 heteroatoms. The quantitative estimate of drug-likeness (QED) is 0.555. The minimum Gasteiger partial charge on any atom is -0.381 e. The molecule has 0 saturated carbocycles. The van der Waals surface area contributed by atoms with Crippen LogP contribution in [0.15, 0.2) is 41.4 Å². The Hall–Kier alpha value is -2.04. The Labute approximate surface area is 142 Å². The van der Waals surface area contributed by atoms with Gasteiger partial charge in [-0.05, 0) is 13.0 Å². The summed E-state index contributed by atoms with van der Waals surface area (Å²) in [5.41, 5.74) is -0.638. The van der Waals surface area contributed by atoms with Crippen molar-refractivity contribution in [2.24, 2.45) is 0 Å². The van der Waals surface area contributed by atoms with Gasteiger partial charge in [0.25, 0.3) is 0 Å². The van der Waals surface area contributed by atoms with Crippen LogP contribution in [0.4, 0.5) is 13.2 Å². The van der Waals surface area contributed by atoms with Crippen LogP contribution in [-0.4, -0.2) is 24.0 Å². The third-order valence-electron chi connectivity index (χ3n) is 3.14. The molecule has 0 aliphatic rings. The standard InChI is InChI=1S/C17H15F3N2OS/c1-2-23-8-9-24-16-13(11-21)14(17(18,19)20)10-15(22-16)12-6-4-3-5-7-12/h3-7,10H,2,8-9H2,1H3. The molecule has 126 valence electrons. The fraction of sp³-hybridized carbons (Fsp3) is 0.294. The topological polar surface area (TPSA) is 45.9 Å². The molecule has 0 amide bonds. The van der Waals surface area contributed by atoms with Gasteiger partial charge < -0.3 is 4.74 Å². The molecule has 0 saturated heterocycles. The van der Waals surface area contributed by atoms with Gasteiger partial charge >= 0.3 is 6.18 Å². The fourth-order valence-electron chi connectivity index (χ4n) is 2.06. The third-order valence-corrected chi connectivity index (χ3v) is 4.08. The second kappa shape index (κ2) is 8.18. The molecule has 0 atom stereocenters. The SMILES string of the molecule is CCOCCSc1nc(-c2ccccc2)cc(C(F)(F)F)c1C#N. The zero-order valence-electron chi connectivity index (χ0n) is 12.9. The minimum atomic E-state index is -4.62. The molecule has 1 aromatic carbocycles. The van der Waals surface area contributed by atoms with E-state index < -0.39 is 17.3 Å². The van der Waals surface area contributed by atoms with E-state index in [2.05, 4.69) is 4.98 Å². The molecule has 2 rings (SSSR count). The first kappa shape index (κ1) is 18.3. The van der Waals surface area contributed by atoms with Crippen molar-refractivity contribution in [3.8, 4) is 17.3 Å². The zero-order chi connectivity index (χ0) is 17.6. The summed E-state index contributed by atoms with van der Waals surface area (Å²) in [6.07, 6.45) is -4.62. The predicted molar refractivity (Wildman–Crippen MR) is 86.6 cm³/mol. The van der Waals surface area contributed by atoms with Gasteiger partial charge in [0.15, 0.2) is 0 Å². The number of halogens is 3. The summed E-state index contributed by atoms with van der Waals surface area (Å²) >= 11 is 1.09. The smallest absolute Gasteiger partial charge is 0.381 e. The van der Waals surface area contributed by atoms with Crippen LogP contribution in [0.1, 0.15) is 18.1 Å². The zero-order valence-corrected chi connectivity index (χ0v) is 13.7. The van der Waals surface area contributed by atoms with E-state index in [1.165, 1.54) is 0 Å². The van der Waals surface area contributed by atoms with Gasteiger partial charge in [0, 0.05) is 17.9 Å². The normalized spacial score (nSPS) is 11.3. The van der Waals surface area contributed by atoms with Crippen LogP contribution < -0.4 is 0 Å². The molecule has 0 aliphatic heterocycles. The van der Waals surface area contributed by atoms with Gasteiger partial charge in [-0.3, -0.25) is 0 Å². The second-order valence-corrected chi connectivity index (χ2v) is 5.84. The maximum absolute atomic E-state index is 13.3. The fourth-order valence-corrected chi connectivity index (χ4v) is 2.91. The van der Waals surface area contributed by atoms with E-state index >= 15 is 0 Å². The number of rotatable bonds is 6. The highest BCUT2D eigenvalue weighted by molar-refractivity contribution is 7.99. The highest BCUT2D eigenvalue weighted by Crippen LogP contribution is 2.37. The molecule has 0 spiro atoms. The van der Waals surface area contributed by atoms with Gasteiger partial charge in [-0.1, -0.05) is 30.3 Å². The van der Waals surface area contributed by atoms with E-state index in [9.17, 15) is 18.4 Å². The van der Waals surface area contributed by atoms with Crippen molar-refractivity contribution in [1.29, 1.82) is 5.26 Å². The number of hydrogen-bond acceptors (Lipinski definition) is 4. The lowest BCUT2D eigenvalue weighted by Crippen LogP contribution is -2.11. The predicted octanol–water partition coefficient (Wildman–Crippen LogP) is 4.77. The highest BCUT2D eigenvalue weighted by atomic mass is 32.2. The van der Waals surface area contributed by atoms with Crippen molar-refractivity contribution in [3.63, 3.8) is 0 Å². The molecule has 2 aromatic rings. The first-order valence-electron chi connectivity index (χ1n) is 7.25. The van der Waals surface area contributed by atoms with Gasteiger partial charge in [0.05, 0.1) is 23.4 Å². The number of hydrogen-bond donors (Lipinski definition) is 0. The van der Waals surface area contributed by atoms with Crippen molar-refractivity contribution in [1.82, 2.24) is 4.98 Å². The van der Waals surface area contributed by atoms with Crippen molar-refractivity contribution in [2.45, 2.75) is 18.1 Å². The molecule has 0 unspecified atom stereocenters. The molecule has 0 bridgehead atoms. The average Bonchev–Trinajstić information content (AvgIpc) is 2.58. The van der Waals surface area contributed by atoms with Crippen molar-refractivity contribution >= 4 is 11.8 Å². The molecular weight excluding hydrogens is 337 g/mol. The van der Waals surface area contributed by atoms with Crippen LogP contribution in [0.25, 0.3) is 11.3 Å². The van der Waals surface area contributed by atoms with Gasteiger partial charge in [0.1, 0.15) is 11.1 Å². The number of benzene rings is 1. The minimum absolute atomic E-state index is 0.0749. The summed E-state index contributed by atoms with van der Waals surface area (Å²) in [6.45, 7) is 2.74. The molecule has 0 N–H and O–H groups in total. The lowest BCUT2D eigenvalue weighted by atomic mass is 10.1. The number of pyridine rings is 1. The van der Waals surface area contributed by atoms with Crippen LogP contribution in [0.2, 0.25) is 0 Å². The van der Waals surface area contributed by atoms with E-state index in [-0.39, 0.29) is 10.7 Å². The Balaban J connectivity index is 2.49. The summed E-state index contributed by atoms with van der Waals surface area (Å²) in [7, 11) is 0. The summed E-state index contributed by atoms with van der Waals surface area (Å²) in [6, 6.07) is 11.2. The van der Waals surface area contributed by atoms with E-state index in [4.69, 9.17) is 4.74 Å². The number of ether oxygens (including phenoxy) is 1. The van der Waals surface area contributed by atoms with Crippen LogP contribution in [0.3, 0.4) is 0 Å². The van der Waals surface area contributed by atoms with Crippen LogP contribution in [0.5, 0.6) is 0 Å². The maximum Gasteiger partial charge on any atom is 0.417 e. The first-order chi connectivity index (χ1) is 11.5. The average molecular weight is 352 g/mol. The Morgan fingerprint density at radius 2 is 1.96 bits per heavy atom. The molecular formula is C17H15F3N2OS. The van der Waals surface area contributed by atoms with Crippen molar-refractivity contribution in [2.75, 3.05) is 19.0 Å². The van der Waals surface area contributed by atoms with E-state index in [1.54, 1.807) is 36.4 Å². The number of aromatic nitrogens is 1. The number of nitrogens with zero attached hydrogens (tertiary/aromatic N) is 2. The monoisotopic (exact) mass is 352 g/mol. The molecule has 0 fully saturated rings. The lowest BCUT2D eigenvalue weighted by molar-refractivity contribution is -0.138. The largest absolute Gasteiger partial charge is 0.417 e. The Morgan fingerprint density at radius 3 is 2.54 bits per heavy atom. The van der Waals surface area contributed by atoms with Crippen LogP contribution in [-0.2, 0) is 10.9 Å². The van der Waals surface area contributed by atoms with Crippen molar-refractivity contribution in [3.05, 3.63) is 47.5 Å². The summed E-state index contributed by atoms with van der Waals surface area (Å²) in [5.74, 6) is 0.422. The van der Waals surface area contributed by atoms with E-state index in [0.717, 1.165) is 17.8 Å². The maximum atomic E-state index is 13.3. The summed E-state index contributed by atoms with van der Waals surface area (Å²) in [4.78, 5) is 4.27. The van der Waals surface area contributed by atoms with Crippen molar-refractivity contribution < 1.29 is 17.9 Å². The molecule has 0 aliphatic carbocycles. The van der Waals surface area contributed by atoms with Gasteiger partial charge in [0.2, 0.25) is 0 Å². The van der Waals surface area contributed by atoms with Gasteiger partial charge in [-0.2, -0.15) is 18.4 Å². The Morgan fingerprint density at radius 1 is 1.25 bits per heavy atom. The summed E-state index contributed by atoms with van der Waals surface area (Å²) < 4.78 is 45.2. The number of thioether (sulfide) groups is 1. The molecule has 1 aromatic heterocycles. The molecule has 24 heavy (non-hydrogen) atoms. The first-order valence-corrected chi connectivity index (χ1v) is 8.24.